The quantitative estimate of drug-likeness (QED) is 0.785. The zero-order valence-corrected chi connectivity index (χ0v) is 8.95. The van der Waals surface area contributed by atoms with Gasteiger partial charge in [0.25, 0.3) is 0 Å². The molecule has 0 atom stereocenters. The molecule has 0 saturated carbocycles. The molecule has 0 radical (unpaired) electrons. The van der Waals surface area contributed by atoms with Crippen molar-refractivity contribution in [3.05, 3.63) is 5.69 Å². The highest BCUT2D eigenvalue weighted by Crippen LogP contribution is 2.29. The van der Waals surface area contributed by atoms with Gasteiger partial charge >= 0.3 is 0 Å². The summed E-state index contributed by atoms with van der Waals surface area (Å²) in [6.07, 6.45) is 3.35. The fourth-order valence-corrected chi connectivity index (χ4v) is 1.91. The maximum Gasteiger partial charge on any atom is 0.150 e. The molecule has 2 rings (SSSR count). The molecule has 0 aromatic carbocycles. The Bertz CT molecular complexity index is 325. The first-order chi connectivity index (χ1) is 6.74. The van der Waals surface area contributed by atoms with Gasteiger partial charge < -0.3 is 10.6 Å². The summed E-state index contributed by atoms with van der Waals surface area (Å²) in [5.74, 6) is 1.11. The van der Waals surface area contributed by atoms with Crippen molar-refractivity contribution in [2.45, 2.75) is 26.2 Å². The Morgan fingerprint density at radius 3 is 2.64 bits per heavy atom. The van der Waals surface area contributed by atoms with Crippen LogP contribution < -0.4 is 10.6 Å². The number of nitrogens with zero attached hydrogens (tertiary/aromatic N) is 3. The van der Waals surface area contributed by atoms with E-state index in [9.17, 15) is 0 Å². The van der Waals surface area contributed by atoms with Crippen molar-refractivity contribution < 1.29 is 0 Å². The third-order valence-corrected chi connectivity index (χ3v) is 2.77. The summed E-state index contributed by atoms with van der Waals surface area (Å²) in [4.78, 5) is 2.29. The van der Waals surface area contributed by atoms with Crippen molar-refractivity contribution in [3.8, 4) is 0 Å². The van der Waals surface area contributed by atoms with Crippen LogP contribution in [0.25, 0.3) is 0 Å². The lowest BCUT2D eigenvalue weighted by Gasteiger charge is -2.33. The van der Waals surface area contributed by atoms with Gasteiger partial charge in [-0.1, -0.05) is 13.3 Å². The van der Waals surface area contributed by atoms with Crippen molar-refractivity contribution in [2.75, 3.05) is 23.7 Å². The predicted molar refractivity (Wildman–Crippen MR) is 58.4 cm³/mol. The second-order valence-electron chi connectivity index (χ2n) is 3.90. The third-order valence-electron chi connectivity index (χ3n) is 2.77. The van der Waals surface area contributed by atoms with Crippen LogP contribution in [-0.4, -0.2) is 22.9 Å². The van der Waals surface area contributed by atoms with Crippen molar-refractivity contribution in [2.24, 2.45) is 7.05 Å². The third kappa shape index (κ3) is 1.35. The van der Waals surface area contributed by atoms with Crippen LogP contribution in [0.1, 0.15) is 25.5 Å². The SMILES string of the molecule is CCCc1nn(C)c(N2CCC2)c1N. The summed E-state index contributed by atoms with van der Waals surface area (Å²) >= 11 is 0. The van der Waals surface area contributed by atoms with E-state index in [0.717, 1.165) is 43.1 Å². The van der Waals surface area contributed by atoms with Crippen LogP contribution in [0.2, 0.25) is 0 Å². The van der Waals surface area contributed by atoms with Crippen LogP contribution >= 0.6 is 0 Å². The van der Waals surface area contributed by atoms with Gasteiger partial charge in [-0.3, -0.25) is 4.68 Å². The van der Waals surface area contributed by atoms with Gasteiger partial charge in [0.2, 0.25) is 0 Å². The van der Waals surface area contributed by atoms with Gasteiger partial charge in [0.15, 0.2) is 0 Å². The Kier molecular flexibility index (Phi) is 2.35. The van der Waals surface area contributed by atoms with E-state index in [4.69, 9.17) is 5.73 Å². The first-order valence-corrected chi connectivity index (χ1v) is 5.30. The molecule has 1 fully saturated rings. The van der Waals surface area contributed by atoms with Crippen LogP contribution in [0.5, 0.6) is 0 Å². The minimum absolute atomic E-state index is 0.883. The van der Waals surface area contributed by atoms with E-state index in [1.807, 2.05) is 11.7 Å². The van der Waals surface area contributed by atoms with Crippen LogP contribution in [0.4, 0.5) is 11.5 Å². The van der Waals surface area contributed by atoms with Crippen molar-refractivity contribution in [1.82, 2.24) is 9.78 Å². The normalized spacial score (nSPS) is 15.7. The molecule has 1 aliphatic heterocycles. The number of aromatic nitrogens is 2. The first kappa shape index (κ1) is 9.37. The molecule has 0 aliphatic carbocycles. The van der Waals surface area contributed by atoms with Crippen LogP contribution in [0, 0.1) is 0 Å². The molecule has 1 aliphatic rings. The molecule has 0 bridgehead atoms. The molecule has 1 aromatic rings. The fraction of sp³-hybridized carbons (Fsp3) is 0.700. The molecule has 4 heteroatoms. The molecule has 0 amide bonds. The monoisotopic (exact) mass is 194 g/mol. The Labute approximate surface area is 84.7 Å². The molecule has 4 nitrogen and oxygen atoms in total. The van der Waals surface area contributed by atoms with E-state index in [1.165, 1.54) is 6.42 Å². The van der Waals surface area contributed by atoms with Crippen LogP contribution in [-0.2, 0) is 13.5 Å². The molecule has 0 unspecified atom stereocenters. The lowest BCUT2D eigenvalue weighted by atomic mass is 10.2. The number of nitrogen functional groups attached to an aromatic ring is 1. The largest absolute Gasteiger partial charge is 0.394 e. The summed E-state index contributed by atoms with van der Waals surface area (Å²) in [6.45, 7) is 4.39. The van der Waals surface area contributed by atoms with Crippen molar-refractivity contribution >= 4 is 11.5 Å². The number of aryl methyl sites for hydroxylation is 2. The van der Waals surface area contributed by atoms with Crippen molar-refractivity contribution in [3.63, 3.8) is 0 Å². The van der Waals surface area contributed by atoms with Crippen molar-refractivity contribution in [1.29, 1.82) is 0 Å². The predicted octanol–water partition coefficient (Wildman–Crippen LogP) is 1.16. The number of rotatable bonds is 3. The molecular formula is C10H18N4. The number of hydrogen-bond donors (Lipinski definition) is 1. The molecule has 2 heterocycles. The summed E-state index contributed by atoms with van der Waals surface area (Å²) in [7, 11) is 1.98. The maximum atomic E-state index is 6.08. The molecule has 1 aromatic heterocycles. The highest BCUT2D eigenvalue weighted by atomic mass is 15.4. The molecule has 78 valence electrons. The lowest BCUT2D eigenvalue weighted by Crippen LogP contribution is -2.38. The zero-order valence-electron chi connectivity index (χ0n) is 8.95. The van der Waals surface area contributed by atoms with Gasteiger partial charge in [-0.05, 0) is 12.8 Å². The summed E-state index contributed by atoms with van der Waals surface area (Å²) < 4.78 is 1.92. The molecule has 14 heavy (non-hydrogen) atoms. The van der Waals surface area contributed by atoms with Gasteiger partial charge in [0, 0.05) is 20.1 Å². The van der Waals surface area contributed by atoms with E-state index in [-0.39, 0.29) is 0 Å². The van der Waals surface area contributed by atoms with E-state index in [2.05, 4.69) is 16.9 Å². The number of nitrogens with two attached hydrogens (primary N) is 1. The summed E-state index contributed by atoms with van der Waals surface area (Å²) in [6, 6.07) is 0. The second-order valence-corrected chi connectivity index (χ2v) is 3.90. The minimum atomic E-state index is 0.883. The van der Waals surface area contributed by atoms with Gasteiger partial charge in [0.05, 0.1) is 11.4 Å². The van der Waals surface area contributed by atoms with E-state index >= 15 is 0 Å². The Morgan fingerprint density at radius 1 is 1.43 bits per heavy atom. The fourth-order valence-electron chi connectivity index (χ4n) is 1.91. The molecule has 2 N–H and O–H groups in total. The number of hydrogen-bond acceptors (Lipinski definition) is 3. The average Bonchev–Trinajstić information content (AvgIpc) is 2.31. The van der Waals surface area contributed by atoms with E-state index in [1.54, 1.807) is 0 Å². The van der Waals surface area contributed by atoms with E-state index < -0.39 is 0 Å². The highest BCUT2D eigenvalue weighted by Gasteiger charge is 2.22. The van der Waals surface area contributed by atoms with E-state index in [0.29, 0.717) is 0 Å². The molecule has 0 spiro atoms. The van der Waals surface area contributed by atoms with Crippen LogP contribution in [0.15, 0.2) is 0 Å². The number of anilines is 2. The first-order valence-electron chi connectivity index (χ1n) is 5.30. The van der Waals surface area contributed by atoms with Gasteiger partial charge in [-0.15, -0.1) is 0 Å². The standard InChI is InChI=1S/C10H18N4/c1-3-5-8-9(11)10(13(2)12-8)14-6-4-7-14/h3-7,11H2,1-2H3. The smallest absolute Gasteiger partial charge is 0.150 e. The average molecular weight is 194 g/mol. The minimum Gasteiger partial charge on any atom is -0.394 e. The Morgan fingerprint density at radius 2 is 2.14 bits per heavy atom. The Hall–Kier alpha value is -1.19. The molecular weight excluding hydrogens is 176 g/mol. The lowest BCUT2D eigenvalue weighted by molar-refractivity contribution is 0.586. The topological polar surface area (TPSA) is 47.1 Å². The van der Waals surface area contributed by atoms with Crippen LogP contribution in [0.3, 0.4) is 0 Å². The van der Waals surface area contributed by atoms with Gasteiger partial charge in [0.1, 0.15) is 5.82 Å². The highest BCUT2D eigenvalue weighted by molar-refractivity contribution is 5.67. The second kappa shape index (κ2) is 3.52. The maximum absolute atomic E-state index is 6.08. The van der Waals surface area contributed by atoms with Gasteiger partial charge in [-0.25, -0.2) is 0 Å². The Balaban J connectivity index is 2.29. The zero-order chi connectivity index (χ0) is 10.1. The summed E-state index contributed by atoms with van der Waals surface area (Å²) in [5, 5.41) is 4.45. The molecule has 1 saturated heterocycles. The summed E-state index contributed by atoms with van der Waals surface area (Å²) in [5.41, 5.74) is 8.01. The van der Waals surface area contributed by atoms with Gasteiger partial charge in [-0.2, -0.15) is 5.10 Å².